The van der Waals surface area contributed by atoms with Gasteiger partial charge in [-0.25, -0.2) is 4.79 Å². The van der Waals surface area contributed by atoms with E-state index in [1.165, 1.54) is 0 Å². The highest BCUT2D eigenvalue weighted by Gasteiger charge is 2.29. The van der Waals surface area contributed by atoms with Gasteiger partial charge in [0.25, 0.3) is 0 Å². The standard InChI is InChI=1S/C6H10N2O2/c9-6-7-1-2-8(6)3-5-4-10-5/h5H,1-4H2,(H,7,9). The van der Waals surface area contributed by atoms with Crippen LogP contribution in [0.2, 0.25) is 0 Å². The molecule has 2 rings (SSSR count). The summed E-state index contributed by atoms with van der Waals surface area (Å²) in [5.41, 5.74) is 0. The number of nitrogens with zero attached hydrogens (tertiary/aromatic N) is 1. The number of hydrogen-bond donors (Lipinski definition) is 1. The Morgan fingerprint density at radius 2 is 2.60 bits per heavy atom. The number of rotatable bonds is 2. The maximum atomic E-state index is 10.9. The molecule has 10 heavy (non-hydrogen) atoms. The Labute approximate surface area is 59.1 Å². The van der Waals surface area contributed by atoms with Crippen LogP contribution in [0.25, 0.3) is 0 Å². The number of carbonyl (C=O) groups is 1. The van der Waals surface area contributed by atoms with Crippen LogP contribution in [-0.4, -0.2) is 43.3 Å². The molecule has 4 heteroatoms. The normalized spacial score (nSPS) is 30.6. The van der Waals surface area contributed by atoms with Crippen molar-refractivity contribution in [3.05, 3.63) is 0 Å². The van der Waals surface area contributed by atoms with Crippen molar-refractivity contribution in [3.63, 3.8) is 0 Å². The van der Waals surface area contributed by atoms with Crippen molar-refractivity contribution >= 4 is 6.03 Å². The minimum atomic E-state index is 0.0514. The van der Waals surface area contributed by atoms with E-state index in [0.29, 0.717) is 6.10 Å². The SMILES string of the molecule is O=C1NCCN1CC1CO1. The van der Waals surface area contributed by atoms with Crippen molar-refractivity contribution in [2.45, 2.75) is 6.10 Å². The van der Waals surface area contributed by atoms with Crippen LogP contribution in [0.1, 0.15) is 0 Å². The lowest BCUT2D eigenvalue weighted by Gasteiger charge is -2.10. The molecule has 2 amide bonds. The third-order valence-corrected chi connectivity index (χ3v) is 1.77. The van der Waals surface area contributed by atoms with E-state index < -0.39 is 0 Å². The predicted octanol–water partition coefficient (Wildman–Crippen LogP) is -0.590. The minimum Gasteiger partial charge on any atom is -0.371 e. The van der Waals surface area contributed by atoms with Crippen molar-refractivity contribution in [3.8, 4) is 0 Å². The van der Waals surface area contributed by atoms with E-state index in [1.54, 1.807) is 4.90 Å². The molecule has 2 heterocycles. The molecule has 0 aromatic rings. The van der Waals surface area contributed by atoms with Crippen LogP contribution in [0, 0.1) is 0 Å². The quantitative estimate of drug-likeness (QED) is 0.524. The number of hydrogen-bond acceptors (Lipinski definition) is 2. The number of carbonyl (C=O) groups excluding carboxylic acids is 1. The summed E-state index contributed by atoms with van der Waals surface area (Å²) < 4.78 is 5.00. The first kappa shape index (κ1) is 5.97. The summed E-state index contributed by atoms with van der Waals surface area (Å²) in [5, 5.41) is 2.73. The summed E-state index contributed by atoms with van der Waals surface area (Å²) in [6.45, 7) is 3.21. The van der Waals surface area contributed by atoms with Crippen molar-refractivity contribution in [2.75, 3.05) is 26.2 Å². The van der Waals surface area contributed by atoms with Crippen LogP contribution < -0.4 is 5.32 Å². The molecule has 56 valence electrons. The number of epoxide rings is 1. The highest BCUT2D eigenvalue weighted by atomic mass is 16.6. The summed E-state index contributed by atoms with van der Waals surface area (Å²) in [5.74, 6) is 0. The fraction of sp³-hybridized carbons (Fsp3) is 0.833. The van der Waals surface area contributed by atoms with Crippen molar-refractivity contribution in [1.29, 1.82) is 0 Å². The first-order chi connectivity index (χ1) is 4.86. The molecule has 0 spiro atoms. The molecule has 2 saturated heterocycles. The summed E-state index contributed by atoms with van der Waals surface area (Å²) in [6, 6.07) is 0.0514. The van der Waals surface area contributed by atoms with Gasteiger partial charge in [-0.05, 0) is 0 Å². The molecule has 0 radical (unpaired) electrons. The average Bonchev–Trinajstić information content (AvgIpc) is 2.62. The molecule has 0 aliphatic carbocycles. The average molecular weight is 142 g/mol. The monoisotopic (exact) mass is 142 g/mol. The van der Waals surface area contributed by atoms with E-state index in [1.807, 2.05) is 0 Å². The van der Waals surface area contributed by atoms with Gasteiger partial charge in [-0.3, -0.25) is 0 Å². The van der Waals surface area contributed by atoms with E-state index >= 15 is 0 Å². The molecule has 2 aliphatic heterocycles. The van der Waals surface area contributed by atoms with E-state index in [2.05, 4.69) is 5.32 Å². The molecule has 2 aliphatic rings. The zero-order chi connectivity index (χ0) is 6.97. The molecule has 0 bridgehead atoms. The van der Waals surface area contributed by atoms with E-state index in [0.717, 1.165) is 26.2 Å². The molecule has 4 nitrogen and oxygen atoms in total. The Kier molecular flexibility index (Phi) is 1.27. The summed E-state index contributed by atoms with van der Waals surface area (Å²) >= 11 is 0. The predicted molar refractivity (Wildman–Crippen MR) is 34.7 cm³/mol. The molecule has 1 atom stereocenters. The zero-order valence-electron chi connectivity index (χ0n) is 5.67. The van der Waals surface area contributed by atoms with Crippen LogP contribution in [0.4, 0.5) is 4.79 Å². The van der Waals surface area contributed by atoms with Gasteiger partial charge in [0.05, 0.1) is 19.3 Å². The van der Waals surface area contributed by atoms with Crippen molar-refractivity contribution in [1.82, 2.24) is 10.2 Å². The topological polar surface area (TPSA) is 44.9 Å². The number of urea groups is 1. The second-order valence-electron chi connectivity index (χ2n) is 2.63. The first-order valence-corrected chi connectivity index (χ1v) is 3.50. The van der Waals surface area contributed by atoms with Gasteiger partial charge in [0.2, 0.25) is 0 Å². The lowest BCUT2D eigenvalue weighted by atomic mass is 10.4. The van der Waals surface area contributed by atoms with Crippen LogP contribution >= 0.6 is 0 Å². The zero-order valence-corrected chi connectivity index (χ0v) is 5.67. The van der Waals surface area contributed by atoms with Crippen LogP contribution in [-0.2, 0) is 4.74 Å². The lowest BCUT2D eigenvalue weighted by Crippen LogP contribution is -2.31. The summed E-state index contributed by atoms with van der Waals surface area (Å²) in [4.78, 5) is 12.7. The lowest BCUT2D eigenvalue weighted by molar-refractivity contribution is 0.212. The van der Waals surface area contributed by atoms with Crippen LogP contribution in [0.5, 0.6) is 0 Å². The molecule has 0 aromatic heterocycles. The van der Waals surface area contributed by atoms with Crippen LogP contribution in [0.3, 0.4) is 0 Å². The largest absolute Gasteiger partial charge is 0.371 e. The Morgan fingerprint density at radius 1 is 1.80 bits per heavy atom. The van der Waals surface area contributed by atoms with Gasteiger partial charge in [-0.1, -0.05) is 0 Å². The fourth-order valence-electron chi connectivity index (χ4n) is 1.10. The third kappa shape index (κ3) is 1.07. The Morgan fingerprint density at radius 3 is 3.10 bits per heavy atom. The second-order valence-corrected chi connectivity index (χ2v) is 2.63. The van der Waals surface area contributed by atoms with Gasteiger partial charge in [-0.15, -0.1) is 0 Å². The summed E-state index contributed by atoms with van der Waals surface area (Å²) in [6.07, 6.45) is 0.323. The van der Waals surface area contributed by atoms with Gasteiger partial charge in [-0.2, -0.15) is 0 Å². The van der Waals surface area contributed by atoms with Gasteiger partial charge in [0, 0.05) is 13.1 Å². The maximum absolute atomic E-state index is 10.9. The molecule has 2 fully saturated rings. The summed E-state index contributed by atoms with van der Waals surface area (Å²) in [7, 11) is 0. The van der Waals surface area contributed by atoms with Crippen LogP contribution in [0.15, 0.2) is 0 Å². The fourth-order valence-corrected chi connectivity index (χ4v) is 1.10. The van der Waals surface area contributed by atoms with Crippen molar-refractivity contribution < 1.29 is 9.53 Å². The van der Waals surface area contributed by atoms with Gasteiger partial charge in [0.1, 0.15) is 0 Å². The van der Waals surface area contributed by atoms with Gasteiger partial charge in [0.15, 0.2) is 0 Å². The molecule has 0 aromatic carbocycles. The molecular weight excluding hydrogens is 132 g/mol. The van der Waals surface area contributed by atoms with Gasteiger partial charge >= 0.3 is 6.03 Å². The second kappa shape index (κ2) is 2.12. The Balaban J connectivity index is 1.84. The molecular formula is C6H10N2O2. The highest BCUT2D eigenvalue weighted by Crippen LogP contribution is 2.11. The minimum absolute atomic E-state index is 0.0514. The van der Waals surface area contributed by atoms with Crippen molar-refractivity contribution in [2.24, 2.45) is 0 Å². The molecule has 1 N–H and O–H groups in total. The third-order valence-electron chi connectivity index (χ3n) is 1.77. The molecule has 0 saturated carbocycles. The number of amides is 2. The smallest absolute Gasteiger partial charge is 0.317 e. The number of ether oxygens (including phenoxy) is 1. The molecule has 1 unspecified atom stereocenters. The Bertz CT molecular complexity index is 156. The Hall–Kier alpha value is -0.770. The highest BCUT2D eigenvalue weighted by molar-refractivity contribution is 5.76. The number of nitrogens with one attached hydrogen (secondary N) is 1. The van der Waals surface area contributed by atoms with E-state index in [9.17, 15) is 4.79 Å². The van der Waals surface area contributed by atoms with E-state index in [-0.39, 0.29) is 6.03 Å². The first-order valence-electron chi connectivity index (χ1n) is 3.50. The van der Waals surface area contributed by atoms with E-state index in [4.69, 9.17) is 4.74 Å². The maximum Gasteiger partial charge on any atom is 0.317 e. The van der Waals surface area contributed by atoms with Gasteiger partial charge < -0.3 is 15.0 Å².